The highest BCUT2D eigenvalue weighted by molar-refractivity contribution is 8.15. The number of benzene rings is 2. The van der Waals surface area contributed by atoms with Crippen molar-refractivity contribution >= 4 is 44.3 Å². The molecule has 0 unspecified atom stereocenters. The number of aryl methyl sites for hydroxylation is 1. The van der Waals surface area contributed by atoms with E-state index >= 15 is 0 Å². The Morgan fingerprint density at radius 1 is 1.12 bits per heavy atom. The van der Waals surface area contributed by atoms with Crippen LogP contribution in [0.5, 0.6) is 5.75 Å². The fourth-order valence-corrected chi connectivity index (χ4v) is 5.51. The molecular formula is C24H20N2O4S2. The van der Waals surface area contributed by atoms with Gasteiger partial charge < -0.3 is 9.15 Å². The quantitative estimate of drug-likeness (QED) is 0.395. The number of fused-ring (bicyclic) bond motifs is 1. The summed E-state index contributed by atoms with van der Waals surface area (Å²) in [4.78, 5) is 28.0. The Labute approximate surface area is 193 Å². The normalized spacial score (nSPS) is 16.0. The molecule has 32 heavy (non-hydrogen) atoms. The number of imide groups is 1. The van der Waals surface area contributed by atoms with Gasteiger partial charge in [0, 0.05) is 22.1 Å². The molecule has 4 aromatic rings. The number of hydrogen-bond acceptors (Lipinski definition) is 7. The number of ether oxygens (including phenoxy) is 1. The maximum Gasteiger partial charge on any atom is 0.286 e. The molecule has 1 N–H and O–H groups in total. The summed E-state index contributed by atoms with van der Waals surface area (Å²) in [5.41, 5.74) is 2.88. The second-order valence-electron chi connectivity index (χ2n) is 7.46. The molecule has 1 aliphatic rings. The second-order valence-corrected chi connectivity index (χ2v) is 9.55. The first-order valence-electron chi connectivity index (χ1n) is 10.2. The average Bonchev–Trinajstić information content (AvgIpc) is 3.50. The Kier molecular flexibility index (Phi) is 5.71. The Balaban J connectivity index is 1.28. The van der Waals surface area contributed by atoms with E-state index in [1.54, 1.807) is 11.3 Å². The number of rotatable bonds is 7. The second kappa shape index (κ2) is 8.80. The smallest absolute Gasteiger partial charge is 0.286 e. The van der Waals surface area contributed by atoms with Gasteiger partial charge in [0.2, 0.25) is 11.8 Å². The van der Waals surface area contributed by atoms with Gasteiger partial charge in [-0.1, -0.05) is 36.0 Å². The molecule has 6 nitrogen and oxygen atoms in total. The maximum absolute atomic E-state index is 11.9. The van der Waals surface area contributed by atoms with Crippen molar-refractivity contribution in [2.75, 3.05) is 6.61 Å². The third-order valence-corrected chi connectivity index (χ3v) is 7.31. The molecule has 2 amide bonds. The monoisotopic (exact) mass is 464 g/mol. The van der Waals surface area contributed by atoms with Gasteiger partial charge in [-0.05, 0) is 48.6 Å². The largest absolute Gasteiger partial charge is 0.493 e. The summed E-state index contributed by atoms with van der Waals surface area (Å²) >= 11 is 2.67. The number of thioether (sulfide) groups is 1. The van der Waals surface area contributed by atoms with Crippen LogP contribution in [0.1, 0.15) is 17.0 Å². The number of hydrogen-bond donors (Lipinski definition) is 1. The maximum atomic E-state index is 11.9. The van der Waals surface area contributed by atoms with Crippen molar-refractivity contribution in [1.29, 1.82) is 0 Å². The molecule has 1 atom stereocenters. The molecule has 1 saturated heterocycles. The molecule has 0 aliphatic carbocycles. The van der Waals surface area contributed by atoms with E-state index < -0.39 is 0 Å². The fraction of sp³-hybridized carbons (Fsp3) is 0.208. The van der Waals surface area contributed by atoms with E-state index in [1.165, 1.54) is 0 Å². The van der Waals surface area contributed by atoms with Crippen LogP contribution in [0.3, 0.4) is 0 Å². The Bertz CT molecular complexity index is 1300. The molecule has 0 bridgehead atoms. The highest BCUT2D eigenvalue weighted by atomic mass is 32.2. The van der Waals surface area contributed by atoms with Gasteiger partial charge in [0.05, 0.1) is 17.6 Å². The molecule has 3 heterocycles. The van der Waals surface area contributed by atoms with E-state index in [1.807, 2.05) is 60.8 Å². The van der Waals surface area contributed by atoms with Gasteiger partial charge >= 0.3 is 0 Å². The van der Waals surface area contributed by atoms with Gasteiger partial charge in [0.25, 0.3) is 5.24 Å². The Hall–Kier alpha value is -3.10. The van der Waals surface area contributed by atoms with Crippen molar-refractivity contribution in [3.8, 4) is 17.2 Å². The summed E-state index contributed by atoms with van der Waals surface area (Å²) in [5.74, 6) is 2.00. The SMILES string of the molecule is Cc1oc(-c2ccccc2)nc1CCOc1ccc(C[C@@H]2SC(=O)NC2=O)c2sccc12. The van der Waals surface area contributed by atoms with Crippen molar-refractivity contribution in [2.45, 2.75) is 25.0 Å². The van der Waals surface area contributed by atoms with Gasteiger partial charge in [-0.2, -0.15) is 0 Å². The lowest BCUT2D eigenvalue weighted by Gasteiger charge is -2.11. The zero-order valence-corrected chi connectivity index (χ0v) is 18.9. The molecular weight excluding hydrogens is 444 g/mol. The van der Waals surface area contributed by atoms with Gasteiger partial charge in [-0.15, -0.1) is 11.3 Å². The topological polar surface area (TPSA) is 81.4 Å². The number of carbonyl (C=O) groups is 2. The fourth-order valence-electron chi connectivity index (χ4n) is 3.73. The predicted octanol–water partition coefficient (Wildman–Crippen LogP) is 5.38. The van der Waals surface area contributed by atoms with Gasteiger partial charge in [-0.3, -0.25) is 14.9 Å². The number of aromatic nitrogens is 1. The van der Waals surface area contributed by atoms with Crippen molar-refractivity contribution in [1.82, 2.24) is 10.3 Å². The van der Waals surface area contributed by atoms with Crippen LogP contribution in [-0.4, -0.2) is 28.0 Å². The highest BCUT2D eigenvalue weighted by Gasteiger charge is 2.32. The van der Waals surface area contributed by atoms with Gasteiger partial charge in [0.1, 0.15) is 11.5 Å². The van der Waals surface area contributed by atoms with E-state index in [-0.39, 0.29) is 16.4 Å². The first kappa shape index (κ1) is 20.8. The third-order valence-electron chi connectivity index (χ3n) is 5.34. The van der Waals surface area contributed by atoms with Crippen LogP contribution < -0.4 is 10.1 Å². The van der Waals surface area contributed by atoms with Gasteiger partial charge in [-0.25, -0.2) is 4.98 Å². The van der Waals surface area contributed by atoms with Crippen LogP contribution in [0.15, 0.2) is 58.3 Å². The number of amides is 2. The number of nitrogens with one attached hydrogen (secondary N) is 1. The third kappa shape index (κ3) is 4.16. The standard InChI is InChI=1S/C24H20N2O4S2/c1-14-18(25-23(30-14)15-5-3-2-4-6-15)9-11-29-19-8-7-16(21-17(19)10-12-31-21)13-20-22(27)26-24(28)32-20/h2-8,10,12,20H,9,11,13H2,1H3,(H,26,27,28)/t20-/m0/s1. The molecule has 1 aliphatic heterocycles. The van der Waals surface area contributed by atoms with Crippen LogP contribution in [-0.2, 0) is 17.6 Å². The van der Waals surface area contributed by atoms with Gasteiger partial charge in [0.15, 0.2) is 0 Å². The van der Waals surface area contributed by atoms with Crippen LogP contribution in [0.4, 0.5) is 4.79 Å². The minimum atomic E-state index is -0.381. The summed E-state index contributed by atoms with van der Waals surface area (Å²) in [6, 6.07) is 15.8. The summed E-state index contributed by atoms with van der Waals surface area (Å²) in [7, 11) is 0. The highest BCUT2D eigenvalue weighted by Crippen LogP contribution is 2.35. The molecule has 0 saturated carbocycles. The minimum Gasteiger partial charge on any atom is -0.493 e. The van der Waals surface area contributed by atoms with E-state index in [9.17, 15) is 9.59 Å². The summed E-state index contributed by atoms with van der Waals surface area (Å²) in [6.45, 7) is 2.39. The van der Waals surface area contributed by atoms with Crippen LogP contribution in [0.25, 0.3) is 21.5 Å². The van der Waals surface area contributed by atoms with E-state index in [2.05, 4.69) is 10.3 Å². The zero-order valence-electron chi connectivity index (χ0n) is 17.3. The Morgan fingerprint density at radius 2 is 1.97 bits per heavy atom. The summed E-state index contributed by atoms with van der Waals surface area (Å²) in [6.07, 6.45) is 1.15. The number of oxazole rings is 1. The Morgan fingerprint density at radius 3 is 2.75 bits per heavy atom. The molecule has 1 fully saturated rings. The average molecular weight is 465 g/mol. The number of nitrogens with zero attached hydrogens (tertiary/aromatic N) is 1. The number of carbonyl (C=O) groups excluding carboxylic acids is 2. The lowest BCUT2D eigenvalue weighted by atomic mass is 10.1. The zero-order chi connectivity index (χ0) is 22.1. The van der Waals surface area contributed by atoms with E-state index in [0.29, 0.717) is 25.3 Å². The van der Waals surface area contributed by atoms with Crippen molar-refractivity contribution in [3.05, 3.63) is 70.9 Å². The molecule has 5 rings (SSSR count). The number of thiophene rings is 1. The molecule has 0 spiro atoms. The first-order chi connectivity index (χ1) is 15.6. The molecule has 2 aromatic carbocycles. The van der Waals surface area contributed by atoms with Crippen LogP contribution >= 0.6 is 23.1 Å². The predicted molar refractivity (Wildman–Crippen MR) is 126 cm³/mol. The first-order valence-corrected chi connectivity index (χ1v) is 12.0. The van der Waals surface area contributed by atoms with Crippen LogP contribution in [0.2, 0.25) is 0 Å². The lowest BCUT2D eigenvalue weighted by Crippen LogP contribution is -2.25. The van der Waals surface area contributed by atoms with E-state index in [0.717, 1.165) is 50.2 Å². The van der Waals surface area contributed by atoms with Crippen molar-refractivity contribution in [2.24, 2.45) is 0 Å². The minimum absolute atomic E-state index is 0.220. The lowest BCUT2D eigenvalue weighted by molar-refractivity contribution is -0.118. The van der Waals surface area contributed by atoms with E-state index in [4.69, 9.17) is 9.15 Å². The molecule has 0 radical (unpaired) electrons. The molecule has 162 valence electrons. The van der Waals surface area contributed by atoms with Crippen molar-refractivity contribution < 1.29 is 18.7 Å². The molecule has 2 aromatic heterocycles. The summed E-state index contributed by atoms with van der Waals surface area (Å²) in [5, 5.41) is 4.73. The molecule has 8 heteroatoms. The summed E-state index contributed by atoms with van der Waals surface area (Å²) < 4.78 is 13.0. The van der Waals surface area contributed by atoms with Crippen LogP contribution in [0, 0.1) is 6.92 Å². The van der Waals surface area contributed by atoms with Crippen molar-refractivity contribution in [3.63, 3.8) is 0 Å².